The third-order valence-corrected chi connectivity index (χ3v) is 4.25. The van der Waals surface area contributed by atoms with Gasteiger partial charge in [0.2, 0.25) is 5.09 Å². The molecule has 0 aliphatic heterocycles. The summed E-state index contributed by atoms with van der Waals surface area (Å²) in [5.74, 6) is -1.66. The Morgan fingerprint density at radius 3 is 2.41 bits per heavy atom. The summed E-state index contributed by atoms with van der Waals surface area (Å²) in [6.45, 7) is 5.10. The second-order valence-electron chi connectivity index (χ2n) is 5.24. The van der Waals surface area contributed by atoms with Crippen molar-refractivity contribution in [2.24, 2.45) is 5.92 Å². The second kappa shape index (κ2) is 6.93. The summed E-state index contributed by atoms with van der Waals surface area (Å²) in [4.78, 5) is 23.3. The Bertz CT molecular complexity index is 662. The molecule has 1 aromatic rings. The molecular formula is C13H20N2O6S. The fourth-order valence-electron chi connectivity index (χ4n) is 1.84. The molecule has 3 N–H and O–H groups in total. The van der Waals surface area contributed by atoms with Crippen molar-refractivity contribution in [1.82, 2.24) is 10.0 Å². The van der Waals surface area contributed by atoms with Crippen LogP contribution < -0.4 is 10.0 Å². The van der Waals surface area contributed by atoms with Gasteiger partial charge in [0.1, 0.15) is 11.8 Å². The van der Waals surface area contributed by atoms with Gasteiger partial charge in [0, 0.05) is 6.07 Å². The van der Waals surface area contributed by atoms with Crippen LogP contribution in [0.3, 0.4) is 0 Å². The minimum atomic E-state index is -3.81. The highest BCUT2D eigenvalue weighted by atomic mass is 32.2. The van der Waals surface area contributed by atoms with E-state index >= 15 is 0 Å². The smallest absolute Gasteiger partial charge is 0.326 e. The van der Waals surface area contributed by atoms with E-state index in [4.69, 9.17) is 9.52 Å². The molecule has 124 valence electrons. The van der Waals surface area contributed by atoms with Crippen molar-refractivity contribution in [3.8, 4) is 0 Å². The van der Waals surface area contributed by atoms with Gasteiger partial charge in [0.15, 0.2) is 0 Å². The highest BCUT2D eigenvalue weighted by Gasteiger charge is 2.26. The summed E-state index contributed by atoms with van der Waals surface area (Å²) in [6.07, 6.45) is 0.264. The Kier molecular flexibility index (Phi) is 5.72. The van der Waals surface area contributed by atoms with E-state index in [0.29, 0.717) is 0 Å². The molecule has 1 aromatic heterocycles. The number of hydrogen-bond donors (Lipinski definition) is 3. The lowest BCUT2D eigenvalue weighted by Crippen LogP contribution is -2.41. The van der Waals surface area contributed by atoms with Gasteiger partial charge in [-0.15, -0.1) is 0 Å². The Balaban J connectivity index is 3.01. The number of aliphatic carboxylic acids is 1. The van der Waals surface area contributed by atoms with Gasteiger partial charge in [-0.05, 0) is 26.3 Å². The van der Waals surface area contributed by atoms with Crippen LogP contribution in [0.1, 0.15) is 36.4 Å². The molecule has 8 nitrogen and oxygen atoms in total. The van der Waals surface area contributed by atoms with E-state index in [0.717, 1.165) is 6.07 Å². The van der Waals surface area contributed by atoms with Crippen molar-refractivity contribution in [2.75, 3.05) is 7.05 Å². The number of nitrogens with one attached hydrogen (secondary N) is 2. The Morgan fingerprint density at radius 1 is 1.36 bits per heavy atom. The first-order chi connectivity index (χ1) is 10.1. The van der Waals surface area contributed by atoms with E-state index in [1.54, 1.807) is 0 Å². The number of furan rings is 1. The van der Waals surface area contributed by atoms with E-state index in [1.807, 2.05) is 13.8 Å². The van der Waals surface area contributed by atoms with Crippen molar-refractivity contribution < 1.29 is 27.5 Å². The molecule has 0 saturated carbocycles. The van der Waals surface area contributed by atoms with Crippen molar-refractivity contribution in [1.29, 1.82) is 0 Å². The molecule has 1 amide bonds. The minimum Gasteiger partial charge on any atom is -0.480 e. The first-order valence-corrected chi connectivity index (χ1v) is 8.14. The van der Waals surface area contributed by atoms with Crippen LogP contribution in [0.2, 0.25) is 0 Å². The van der Waals surface area contributed by atoms with Gasteiger partial charge in [-0.25, -0.2) is 17.9 Å². The Hall–Kier alpha value is -1.87. The first-order valence-electron chi connectivity index (χ1n) is 6.66. The predicted molar refractivity (Wildman–Crippen MR) is 78.0 cm³/mol. The summed E-state index contributed by atoms with van der Waals surface area (Å²) < 4.78 is 30.4. The maximum absolute atomic E-state index is 12.1. The third kappa shape index (κ3) is 4.31. The number of carboxylic acid groups (broad SMARTS) is 1. The number of sulfonamides is 1. The molecule has 0 saturated heterocycles. The van der Waals surface area contributed by atoms with Gasteiger partial charge < -0.3 is 14.8 Å². The zero-order valence-electron chi connectivity index (χ0n) is 12.8. The lowest BCUT2D eigenvalue weighted by atomic mass is 10.0. The summed E-state index contributed by atoms with van der Waals surface area (Å²) in [5.41, 5.74) is -0.0103. The summed E-state index contributed by atoms with van der Waals surface area (Å²) in [5, 5.41) is 11.1. The van der Waals surface area contributed by atoms with Crippen LogP contribution in [0, 0.1) is 12.8 Å². The highest BCUT2D eigenvalue weighted by molar-refractivity contribution is 7.89. The first kappa shape index (κ1) is 18.2. The van der Waals surface area contributed by atoms with E-state index in [-0.39, 0.29) is 23.7 Å². The van der Waals surface area contributed by atoms with Crippen LogP contribution in [0.5, 0.6) is 0 Å². The van der Waals surface area contributed by atoms with E-state index in [2.05, 4.69) is 10.0 Å². The molecule has 1 atom stereocenters. The topological polar surface area (TPSA) is 126 Å². The maximum atomic E-state index is 12.1. The van der Waals surface area contributed by atoms with Gasteiger partial charge in [0.05, 0.1) is 5.56 Å². The summed E-state index contributed by atoms with van der Waals surface area (Å²) in [7, 11) is -2.59. The molecule has 0 bridgehead atoms. The van der Waals surface area contributed by atoms with Crippen LogP contribution >= 0.6 is 0 Å². The van der Waals surface area contributed by atoms with Crippen LogP contribution in [0.15, 0.2) is 15.6 Å². The van der Waals surface area contributed by atoms with Crippen molar-refractivity contribution >= 4 is 21.9 Å². The zero-order valence-corrected chi connectivity index (χ0v) is 13.7. The number of hydrogen-bond acceptors (Lipinski definition) is 5. The van der Waals surface area contributed by atoms with Gasteiger partial charge >= 0.3 is 5.97 Å². The SMILES string of the molecule is CNS(=O)(=O)c1cc(C(=O)N[C@@H](CC(C)C)C(=O)O)c(C)o1. The van der Waals surface area contributed by atoms with Crippen molar-refractivity contribution in [2.45, 2.75) is 38.3 Å². The number of rotatable bonds is 7. The van der Waals surface area contributed by atoms with Crippen LogP contribution in [-0.2, 0) is 14.8 Å². The molecule has 0 unspecified atom stereocenters. The van der Waals surface area contributed by atoms with Gasteiger partial charge in [-0.3, -0.25) is 4.79 Å². The van der Waals surface area contributed by atoms with Gasteiger partial charge in [-0.1, -0.05) is 13.8 Å². The zero-order chi connectivity index (χ0) is 17.1. The number of carboxylic acids is 1. The monoisotopic (exact) mass is 332 g/mol. The fourth-order valence-corrected chi connectivity index (χ4v) is 2.55. The molecular weight excluding hydrogens is 312 g/mol. The lowest BCUT2D eigenvalue weighted by Gasteiger charge is -2.16. The predicted octanol–water partition coefficient (Wildman–Crippen LogP) is 0.725. The highest BCUT2D eigenvalue weighted by Crippen LogP contribution is 2.19. The average molecular weight is 332 g/mol. The van der Waals surface area contributed by atoms with E-state index < -0.39 is 33.0 Å². The van der Waals surface area contributed by atoms with Crippen LogP contribution in [0.4, 0.5) is 0 Å². The molecule has 1 rings (SSSR count). The average Bonchev–Trinajstić information content (AvgIpc) is 2.80. The Labute approximate surface area is 128 Å². The van der Waals surface area contributed by atoms with Gasteiger partial charge in [-0.2, -0.15) is 0 Å². The molecule has 0 spiro atoms. The number of carbonyl (C=O) groups excluding carboxylic acids is 1. The minimum absolute atomic E-state index is 0.0103. The molecule has 22 heavy (non-hydrogen) atoms. The van der Waals surface area contributed by atoms with Crippen molar-refractivity contribution in [3.05, 3.63) is 17.4 Å². The summed E-state index contributed by atoms with van der Waals surface area (Å²) >= 11 is 0. The second-order valence-corrected chi connectivity index (χ2v) is 7.05. The number of aryl methyl sites for hydroxylation is 1. The van der Waals surface area contributed by atoms with Gasteiger partial charge in [0.25, 0.3) is 15.9 Å². The molecule has 0 aromatic carbocycles. The van der Waals surface area contributed by atoms with Crippen LogP contribution in [0.25, 0.3) is 0 Å². The number of carbonyl (C=O) groups is 2. The Morgan fingerprint density at radius 2 is 1.95 bits per heavy atom. The number of amides is 1. The third-order valence-electron chi connectivity index (χ3n) is 2.98. The van der Waals surface area contributed by atoms with Crippen LogP contribution in [-0.4, -0.2) is 38.5 Å². The largest absolute Gasteiger partial charge is 0.480 e. The lowest BCUT2D eigenvalue weighted by molar-refractivity contribution is -0.139. The fraction of sp³-hybridized carbons (Fsp3) is 0.538. The quantitative estimate of drug-likeness (QED) is 0.675. The van der Waals surface area contributed by atoms with E-state index in [1.165, 1.54) is 14.0 Å². The molecule has 0 aliphatic carbocycles. The molecule has 0 radical (unpaired) electrons. The molecule has 1 heterocycles. The maximum Gasteiger partial charge on any atom is 0.326 e. The van der Waals surface area contributed by atoms with E-state index in [9.17, 15) is 18.0 Å². The molecule has 0 fully saturated rings. The molecule has 9 heteroatoms. The summed E-state index contributed by atoms with van der Waals surface area (Å²) in [6, 6.07) is 0.0243. The standard InChI is InChI=1S/C13H20N2O6S/c1-7(2)5-10(13(17)18)15-12(16)9-6-11(21-8(9)3)22(19,20)14-4/h6-7,10,14H,5H2,1-4H3,(H,15,16)(H,17,18)/t10-/m0/s1. The van der Waals surface area contributed by atoms with Crippen molar-refractivity contribution in [3.63, 3.8) is 0 Å². The molecule has 0 aliphatic rings. The normalized spacial score (nSPS) is 13.1.